The van der Waals surface area contributed by atoms with Crippen molar-refractivity contribution in [2.24, 2.45) is 0 Å². The molecule has 1 aromatic rings. The van der Waals surface area contributed by atoms with Crippen molar-refractivity contribution in [2.75, 3.05) is 33.5 Å². The molecule has 0 bridgehead atoms. The fourth-order valence-electron chi connectivity index (χ4n) is 1.46. The van der Waals surface area contributed by atoms with Gasteiger partial charge in [-0.25, -0.2) is 0 Å². The molecule has 4 nitrogen and oxygen atoms in total. The normalized spacial score (nSPS) is 10.3. The molecule has 0 radical (unpaired) electrons. The second-order valence-corrected chi connectivity index (χ2v) is 3.74. The van der Waals surface area contributed by atoms with Crippen LogP contribution in [0.15, 0.2) is 24.3 Å². The summed E-state index contributed by atoms with van der Waals surface area (Å²) in [6.07, 6.45) is 0.387. The lowest BCUT2D eigenvalue weighted by Crippen LogP contribution is -2.08. The van der Waals surface area contributed by atoms with E-state index in [1.54, 1.807) is 19.2 Å². The van der Waals surface area contributed by atoms with Gasteiger partial charge in [0.15, 0.2) is 5.78 Å². The third kappa shape index (κ3) is 5.29. The van der Waals surface area contributed by atoms with E-state index in [4.69, 9.17) is 14.2 Å². The highest BCUT2D eigenvalue weighted by Crippen LogP contribution is 2.13. The van der Waals surface area contributed by atoms with E-state index in [2.05, 4.69) is 0 Å². The number of hydrogen-bond donors (Lipinski definition) is 0. The van der Waals surface area contributed by atoms with E-state index in [1.165, 1.54) is 0 Å². The van der Waals surface area contributed by atoms with Crippen molar-refractivity contribution >= 4 is 5.78 Å². The van der Waals surface area contributed by atoms with Crippen LogP contribution in [-0.4, -0.2) is 39.3 Å². The number of hydrogen-bond acceptors (Lipinski definition) is 4. The molecule has 0 saturated carbocycles. The zero-order valence-corrected chi connectivity index (χ0v) is 11.0. The molecule has 0 aliphatic rings. The van der Waals surface area contributed by atoms with Crippen LogP contribution in [0.5, 0.6) is 5.75 Å². The maximum Gasteiger partial charge on any atom is 0.165 e. The minimum atomic E-state index is 0.0791. The average molecular weight is 252 g/mol. The molecule has 18 heavy (non-hydrogen) atoms. The molecular weight excluding hydrogens is 232 g/mol. The Morgan fingerprint density at radius 1 is 1.11 bits per heavy atom. The van der Waals surface area contributed by atoms with E-state index >= 15 is 0 Å². The number of rotatable bonds is 9. The first-order chi connectivity index (χ1) is 8.77. The first-order valence-electron chi connectivity index (χ1n) is 6.10. The molecule has 0 aliphatic carbocycles. The largest absolute Gasteiger partial charge is 0.494 e. The Morgan fingerprint density at radius 2 is 1.83 bits per heavy atom. The zero-order valence-electron chi connectivity index (χ0n) is 11.0. The Hall–Kier alpha value is -1.39. The zero-order chi connectivity index (χ0) is 13.2. The average Bonchev–Trinajstić information content (AvgIpc) is 2.39. The van der Waals surface area contributed by atoms with Gasteiger partial charge in [-0.1, -0.05) is 0 Å². The van der Waals surface area contributed by atoms with Crippen LogP contribution in [0.25, 0.3) is 0 Å². The Morgan fingerprint density at radius 3 is 2.44 bits per heavy atom. The monoisotopic (exact) mass is 252 g/mol. The molecule has 0 atom stereocenters. The topological polar surface area (TPSA) is 44.8 Å². The maximum atomic E-state index is 11.8. The number of carbonyl (C=O) groups excluding carboxylic acids is 1. The highest BCUT2D eigenvalue weighted by Gasteiger charge is 2.05. The van der Waals surface area contributed by atoms with Crippen LogP contribution < -0.4 is 4.74 Å². The Kier molecular flexibility index (Phi) is 7.06. The summed E-state index contributed by atoms with van der Waals surface area (Å²) in [6, 6.07) is 7.18. The Balaban J connectivity index is 2.32. The molecule has 0 spiro atoms. The van der Waals surface area contributed by atoms with Gasteiger partial charge in [0.2, 0.25) is 0 Å². The summed E-state index contributed by atoms with van der Waals surface area (Å²) >= 11 is 0. The highest BCUT2D eigenvalue weighted by molar-refractivity contribution is 5.96. The van der Waals surface area contributed by atoms with E-state index < -0.39 is 0 Å². The minimum Gasteiger partial charge on any atom is -0.494 e. The smallest absolute Gasteiger partial charge is 0.165 e. The fourth-order valence-corrected chi connectivity index (χ4v) is 1.46. The third-order valence-corrected chi connectivity index (χ3v) is 2.39. The fraction of sp³-hybridized carbons (Fsp3) is 0.500. The molecule has 0 N–H and O–H groups in total. The first kappa shape index (κ1) is 14.7. The summed E-state index contributed by atoms with van der Waals surface area (Å²) in [4.78, 5) is 11.8. The molecule has 0 saturated heterocycles. The van der Waals surface area contributed by atoms with Crippen molar-refractivity contribution in [2.45, 2.75) is 13.3 Å². The molecule has 0 amide bonds. The maximum absolute atomic E-state index is 11.8. The third-order valence-electron chi connectivity index (χ3n) is 2.39. The van der Waals surface area contributed by atoms with Crippen LogP contribution >= 0.6 is 0 Å². The van der Waals surface area contributed by atoms with Crippen molar-refractivity contribution in [1.29, 1.82) is 0 Å². The van der Waals surface area contributed by atoms with E-state index in [-0.39, 0.29) is 5.78 Å². The van der Waals surface area contributed by atoms with Gasteiger partial charge < -0.3 is 14.2 Å². The molecule has 0 fully saturated rings. The predicted molar refractivity (Wildman–Crippen MR) is 69.3 cm³/mol. The lowest BCUT2D eigenvalue weighted by molar-refractivity contribution is 0.0641. The minimum absolute atomic E-state index is 0.0791. The lowest BCUT2D eigenvalue weighted by Gasteiger charge is -2.05. The van der Waals surface area contributed by atoms with Crippen LogP contribution in [0.4, 0.5) is 0 Å². The molecule has 100 valence electrons. The summed E-state index contributed by atoms with van der Waals surface area (Å²) < 4.78 is 15.4. The van der Waals surface area contributed by atoms with Crippen molar-refractivity contribution < 1.29 is 19.0 Å². The van der Waals surface area contributed by atoms with Gasteiger partial charge in [-0.3, -0.25) is 4.79 Å². The number of ether oxygens (including phenoxy) is 3. The van der Waals surface area contributed by atoms with Crippen LogP contribution in [0, 0.1) is 0 Å². The molecule has 4 heteroatoms. The van der Waals surface area contributed by atoms with Crippen molar-refractivity contribution in [3.63, 3.8) is 0 Å². The molecular formula is C14H20O4. The quantitative estimate of drug-likeness (QED) is 0.500. The standard InChI is InChI=1S/C14H20O4/c1-3-18-13-6-4-12(5-7-13)14(15)8-9-17-11-10-16-2/h4-7H,3,8-11H2,1-2H3. The van der Waals surface area contributed by atoms with E-state index in [0.29, 0.717) is 38.4 Å². The van der Waals surface area contributed by atoms with Gasteiger partial charge in [0, 0.05) is 19.1 Å². The Bertz CT molecular complexity index is 345. The van der Waals surface area contributed by atoms with Crippen molar-refractivity contribution in [1.82, 2.24) is 0 Å². The summed E-state index contributed by atoms with van der Waals surface area (Å²) in [5, 5.41) is 0. The van der Waals surface area contributed by atoms with E-state index in [0.717, 1.165) is 5.75 Å². The molecule has 0 unspecified atom stereocenters. The number of methoxy groups -OCH3 is 1. The summed E-state index contributed by atoms with van der Waals surface area (Å²) in [5.41, 5.74) is 0.689. The number of Topliss-reactive ketones (excluding diaryl/α,β-unsaturated/α-hetero) is 1. The summed E-state index contributed by atoms with van der Waals surface area (Å²) in [7, 11) is 1.62. The first-order valence-corrected chi connectivity index (χ1v) is 6.10. The predicted octanol–water partition coefficient (Wildman–Crippen LogP) is 2.32. The highest BCUT2D eigenvalue weighted by atomic mass is 16.5. The van der Waals surface area contributed by atoms with Crippen LogP contribution in [-0.2, 0) is 9.47 Å². The molecule has 1 rings (SSSR count). The van der Waals surface area contributed by atoms with Gasteiger partial charge in [0.1, 0.15) is 5.75 Å². The van der Waals surface area contributed by atoms with Gasteiger partial charge in [0.25, 0.3) is 0 Å². The summed E-state index contributed by atoms with van der Waals surface area (Å²) in [5.74, 6) is 0.862. The van der Waals surface area contributed by atoms with Crippen LogP contribution in [0.1, 0.15) is 23.7 Å². The number of ketones is 1. The molecule has 1 aromatic carbocycles. The molecule has 0 heterocycles. The van der Waals surface area contributed by atoms with Crippen LogP contribution in [0.2, 0.25) is 0 Å². The molecule has 0 aliphatic heterocycles. The Labute approximate surface area is 108 Å². The summed E-state index contributed by atoms with van der Waals surface area (Å²) in [6.45, 7) is 4.05. The second kappa shape index (κ2) is 8.66. The van der Waals surface area contributed by atoms with Gasteiger partial charge in [-0.2, -0.15) is 0 Å². The van der Waals surface area contributed by atoms with Crippen molar-refractivity contribution in [3.8, 4) is 5.75 Å². The second-order valence-electron chi connectivity index (χ2n) is 3.74. The number of carbonyl (C=O) groups is 1. The van der Waals surface area contributed by atoms with Gasteiger partial charge >= 0.3 is 0 Å². The van der Waals surface area contributed by atoms with Crippen molar-refractivity contribution in [3.05, 3.63) is 29.8 Å². The van der Waals surface area contributed by atoms with Gasteiger partial charge in [0.05, 0.1) is 26.4 Å². The number of benzene rings is 1. The van der Waals surface area contributed by atoms with E-state index in [9.17, 15) is 4.79 Å². The molecule has 0 aromatic heterocycles. The van der Waals surface area contributed by atoms with Gasteiger partial charge in [-0.15, -0.1) is 0 Å². The lowest BCUT2D eigenvalue weighted by atomic mass is 10.1. The van der Waals surface area contributed by atoms with E-state index in [1.807, 2.05) is 19.1 Å². The van der Waals surface area contributed by atoms with Crippen LogP contribution in [0.3, 0.4) is 0 Å². The SMILES string of the molecule is CCOc1ccc(C(=O)CCOCCOC)cc1. The van der Waals surface area contributed by atoms with Gasteiger partial charge in [-0.05, 0) is 31.2 Å².